The summed E-state index contributed by atoms with van der Waals surface area (Å²) in [5.41, 5.74) is -0.543. The van der Waals surface area contributed by atoms with E-state index >= 15 is 0 Å². The van der Waals surface area contributed by atoms with Gasteiger partial charge < -0.3 is 4.90 Å². The first-order chi connectivity index (χ1) is 12.0. The van der Waals surface area contributed by atoms with Crippen molar-refractivity contribution in [2.75, 3.05) is 6.54 Å². The lowest BCUT2D eigenvalue weighted by atomic mass is 9.99. The average molecular weight is 345 g/mol. The molecule has 1 atom stereocenters. The molecule has 1 N–H and O–H groups in total. The van der Waals surface area contributed by atoms with Gasteiger partial charge in [-0.15, -0.1) is 0 Å². The summed E-state index contributed by atoms with van der Waals surface area (Å²) in [6.07, 6.45) is 8.99. The second kappa shape index (κ2) is 7.50. The smallest absolute Gasteiger partial charge is 0.328 e. The number of piperidine rings is 1. The average Bonchev–Trinajstić information content (AvgIpc) is 3.11. The summed E-state index contributed by atoms with van der Waals surface area (Å²) in [6.45, 7) is 3.04. The van der Waals surface area contributed by atoms with Gasteiger partial charge in [0.25, 0.3) is 5.56 Å². The fraction of sp³-hybridized carbons (Fsp3) is 0.529. The second-order valence-corrected chi connectivity index (χ2v) is 6.49. The molecular weight excluding hydrogens is 322 g/mol. The van der Waals surface area contributed by atoms with Crippen molar-refractivity contribution < 1.29 is 4.79 Å². The Bertz CT molecular complexity index is 837. The normalized spacial score (nSPS) is 17.6. The molecular formula is C17H23N5O3. The fourth-order valence-corrected chi connectivity index (χ4v) is 3.32. The monoisotopic (exact) mass is 345 g/mol. The molecule has 2 aromatic heterocycles. The maximum absolute atomic E-state index is 12.7. The third-order valence-corrected chi connectivity index (χ3v) is 4.69. The molecule has 3 rings (SSSR count). The van der Waals surface area contributed by atoms with Crippen LogP contribution in [0.1, 0.15) is 31.2 Å². The first-order valence-electron chi connectivity index (χ1n) is 8.62. The van der Waals surface area contributed by atoms with Crippen molar-refractivity contribution in [3.05, 3.63) is 51.1 Å². The zero-order valence-corrected chi connectivity index (χ0v) is 14.4. The van der Waals surface area contributed by atoms with Gasteiger partial charge in [-0.1, -0.05) is 0 Å². The highest BCUT2D eigenvalue weighted by molar-refractivity contribution is 5.76. The van der Waals surface area contributed by atoms with Crippen molar-refractivity contribution in [2.24, 2.45) is 0 Å². The van der Waals surface area contributed by atoms with Gasteiger partial charge in [0.1, 0.15) is 6.54 Å². The zero-order valence-electron chi connectivity index (χ0n) is 14.4. The number of hydrogen-bond acceptors (Lipinski definition) is 4. The number of aryl methyl sites for hydroxylation is 2. The molecule has 8 nitrogen and oxygen atoms in total. The predicted molar refractivity (Wildman–Crippen MR) is 92.3 cm³/mol. The van der Waals surface area contributed by atoms with Crippen LogP contribution in [0.15, 0.2) is 34.2 Å². The van der Waals surface area contributed by atoms with Crippen molar-refractivity contribution in [1.82, 2.24) is 24.2 Å². The van der Waals surface area contributed by atoms with Gasteiger partial charge in [0.05, 0.1) is 0 Å². The number of amides is 1. The lowest BCUT2D eigenvalue weighted by Crippen LogP contribution is -2.47. The highest BCUT2D eigenvalue weighted by Crippen LogP contribution is 2.20. The van der Waals surface area contributed by atoms with E-state index in [1.165, 1.54) is 10.8 Å². The molecule has 3 heterocycles. The van der Waals surface area contributed by atoms with Gasteiger partial charge >= 0.3 is 5.69 Å². The zero-order chi connectivity index (χ0) is 17.8. The number of H-pyrrole nitrogens is 1. The summed E-state index contributed by atoms with van der Waals surface area (Å²) in [7, 11) is 0. The number of nitrogens with one attached hydrogen (secondary N) is 1. The van der Waals surface area contributed by atoms with Crippen molar-refractivity contribution in [1.29, 1.82) is 0 Å². The standard InChI is InChI=1S/C17H23N5O3/c1-13-11-20(17(25)19-16(13)24)12-15(23)22-9-3-2-5-14(22)6-10-21-8-4-7-18-21/h4,7-8,11,14H,2-3,5-6,9-10,12H2,1H3,(H,19,24,25). The number of nitrogens with zero attached hydrogens (tertiary/aromatic N) is 4. The summed E-state index contributed by atoms with van der Waals surface area (Å²) >= 11 is 0. The Labute approximate surface area is 145 Å². The molecule has 1 amide bonds. The number of carbonyl (C=O) groups is 1. The Hall–Kier alpha value is -2.64. The van der Waals surface area contributed by atoms with Crippen molar-refractivity contribution in [3.8, 4) is 0 Å². The minimum Gasteiger partial charge on any atom is -0.338 e. The van der Waals surface area contributed by atoms with Crippen LogP contribution in [0.25, 0.3) is 0 Å². The van der Waals surface area contributed by atoms with E-state index in [9.17, 15) is 14.4 Å². The van der Waals surface area contributed by atoms with Crippen LogP contribution in [0.2, 0.25) is 0 Å². The van der Waals surface area contributed by atoms with Gasteiger partial charge in [0.15, 0.2) is 0 Å². The first kappa shape index (κ1) is 17.2. The van der Waals surface area contributed by atoms with Crippen molar-refractivity contribution in [2.45, 2.75) is 51.7 Å². The van der Waals surface area contributed by atoms with Crippen LogP contribution in [0.4, 0.5) is 0 Å². The Morgan fingerprint density at radius 2 is 2.20 bits per heavy atom. The number of aromatic nitrogens is 4. The van der Waals surface area contributed by atoms with Crippen molar-refractivity contribution >= 4 is 5.91 Å². The summed E-state index contributed by atoms with van der Waals surface area (Å²) < 4.78 is 3.14. The quantitative estimate of drug-likeness (QED) is 0.855. The molecule has 0 radical (unpaired) electrons. The van der Waals surface area contributed by atoms with E-state index < -0.39 is 11.2 Å². The van der Waals surface area contributed by atoms with Crippen LogP contribution in [-0.2, 0) is 17.9 Å². The molecule has 8 heteroatoms. The molecule has 134 valence electrons. The van der Waals surface area contributed by atoms with Crippen LogP contribution < -0.4 is 11.2 Å². The van der Waals surface area contributed by atoms with Crippen LogP contribution >= 0.6 is 0 Å². The Morgan fingerprint density at radius 3 is 2.96 bits per heavy atom. The first-order valence-corrected chi connectivity index (χ1v) is 8.62. The number of aromatic amines is 1. The Morgan fingerprint density at radius 1 is 1.36 bits per heavy atom. The van der Waals surface area contributed by atoms with Gasteiger partial charge in [-0.3, -0.25) is 23.8 Å². The van der Waals surface area contributed by atoms with Crippen LogP contribution in [0, 0.1) is 6.92 Å². The summed E-state index contributed by atoms with van der Waals surface area (Å²) in [4.78, 5) is 40.2. The molecule has 1 saturated heterocycles. The molecule has 1 unspecified atom stereocenters. The maximum Gasteiger partial charge on any atom is 0.328 e. The van der Waals surface area contributed by atoms with Gasteiger partial charge in [0.2, 0.25) is 5.91 Å². The van der Waals surface area contributed by atoms with E-state index in [0.717, 1.165) is 32.2 Å². The minimum absolute atomic E-state index is 0.0469. The van der Waals surface area contributed by atoms with E-state index in [1.54, 1.807) is 13.1 Å². The summed E-state index contributed by atoms with van der Waals surface area (Å²) in [6, 6.07) is 2.04. The highest BCUT2D eigenvalue weighted by atomic mass is 16.2. The molecule has 0 aliphatic carbocycles. The molecule has 0 aromatic carbocycles. The molecule has 1 aliphatic heterocycles. The van der Waals surface area contributed by atoms with Gasteiger partial charge in [-0.2, -0.15) is 5.10 Å². The molecule has 0 spiro atoms. The third kappa shape index (κ3) is 4.07. The predicted octanol–water partition coefficient (Wildman–Crippen LogP) is 0.513. The maximum atomic E-state index is 12.7. The van der Waals surface area contributed by atoms with Crippen LogP contribution in [-0.4, -0.2) is 42.7 Å². The summed E-state index contributed by atoms with van der Waals surface area (Å²) in [5.74, 6) is -0.0845. The number of hydrogen-bond donors (Lipinski definition) is 1. The molecule has 2 aromatic rings. The third-order valence-electron chi connectivity index (χ3n) is 4.69. The lowest BCUT2D eigenvalue weighted by Gasteiger charge is -2.36. The SMILES string of the molecule is Cc1cn(CC(=O)N2CCCCC2CCn2cccn2)c(=O)[nH]c1=O. The number of rotatable bonds is 5. The topological polar surface area (TPSA) is 93.0 Å². The van der Waals surface area contributed by atoms with Crippen molar-refractivity contribution in [3.63, 3.8) is 0 Å². The minimum atomic E-state index is -0.547. The van der Waals surface area contributed by atoms with E-state index in [4.69, 9.17) is 0 Å². The molecule has 1 aliphatic rings. The van der Waals surface area contributed by atoms with Gasteiger partial charge in [-0.25, -0.2) is 4.79 Å². The number of likely N-dealkylation sites (tertiary alicyclic amines) is 1. The Kier molecular flexibility index (Phi) is 5.16. The molecule has 0 bridgehead atoms. The van der Waals surface area contributed by atoms with Crippen LogP contribution in [0.5, 0.6) is 0 Å². The Balaban J connectivity index is 1.69. The van der Waals surface area contributed by atoms with Gasteiger partial charge in [0, 0.05) is 43.3 Å². The van der Waals surface area contributed by atoms with E-state index in [-0.39, 0.29) is 18.5 Å². The fourth-order valence-electron chi connectivity index (χ4n) is 3.32. The second-order valence-electron chi connectivity index (χ2n) is 6.49. The lowest BCUT2D eigenvalue weighted by molar-refractivity contribution is -0.135. The summed E-state index contributed by atoms with van der Waals surface area (Å²) in [5, 5.41) is 4.20. The molecule has 1 fully saturated rings. The largest absolute Gasteiger partial charge is 0.338 e. The highest BCUT2D eigenvalue weighted by Gasteiger charge is 2.26. The van der Waals surface area contributed by atoms with Crippen LogP contribution in [0.3, 0.4) is 0 Å². The molecule has 25 heavy (non-hydrogen) atoms. The van der Waals surface area contributed by atoms with Gasteiger partial charge in [-0.05, 0) is 38.7 Å². The van der Waals surface area contributed by atoms with E-state index in [1.807, 2.05) is 21.8 Å². The van der Waals surface area contributed by atoms with E-state index in [0.29, 0.717) is 12.1 Å². The molecule has 0 saturated carbocycles. The number of carbonyl (C=O) groups excluding carboxylic acids is 1. The van der Waals surface area contributed by atoms with E-state index in [2.05, 4.69) is 10.1 Å².